The van der Waals surface area contributed by atoms with Gasteiger partial charge in [-0.25, -0.2) is 4.79 Å². The first-order valence-corrected chi connectivity index (χ1v) is 9.69. The Morgan fingerprint density at radius 3 is 2.85 bits per heavy atom. The van der Waals surface area contributed by atoms with Gasteiger partial charge in [-0.15, -0.1) is 0 Å². The maximum atomic E-state index is 11.6. The van der Waals surface area contributed by atoms with Crippen LogP contribution in [0.2, 0.25) is 5.02 Å². The van der Waals surface area contributed by atoms with E-state index in [0.29, 0.717) is 29.2 Å². The van der Waals surface area contributed by atoms with Crippen molar-refractivity contribution >= 4 is 29.5 Å². The summed E-state index contributed by atoms with van der Waals surface area (Å²) < 4.78 is 5.21. The number of nitrogens with zero attached hydrogens (tertiary/aromatic N) is 2. The number of amides is 1. The van der Waals surface area contributed by atoms with Gasteiger partial charge >= 0.3 is 6.09 Å². The smallest absolute Gasteiger partial charge is 0.407 e. The third kappa shape index (κ3) is 7.21. The van der Waals surface area contributed by atoms with Crippen molar-refractivity contribution in [3.8, 4) is 0 Å². The molecule has 0 aromatic carbocycles. The van der Waals surface area contributed by atoms with E-state index in [0.717, 1.165) is 31.3 Å². The molecule has 1 aromatic rings. The number of nitrogens with two attached hydrogens (primary N) is 1. The summed E-state index contributed by atoms with van der Waals surface area (Å²) in [4.78, 5) is 20.4. The molecule has 0 aliphatic heterocycles. The summed E-state index contributed by atoms with van der Waals surface area (Å²) in [5.41, 5.74) is 6.61. The van der Waals surface area contributed by atoms with Crippen molar-refractivity contribution in [3.05, 3.63) is 35.2 Å². The zero-order chi connectivity index (χ0) is 19.9. The van der Waals surface area contributed by atoms with Crippen LogP contribution in [0.1, 0.15) is 52.1 Å². The monoisotopic (exact) mass is 392 g/mol. The molecule has 0 spiro atoms. The van der Waals surface area contributed by atoms with E-state index in [1.54, 1.807) is 24.5 Å². The van der Waals surface area contributed by atoms with Gasteiger partial charge in [-0.2, -0.15) is 0 Å². The van der Waals surface area contributed by atoms with Gasteiger partial charge in [-0.3, -0.25) is 9.98 Å². The summed E-state index contributed by atoms with van der Waals surface area (Å²) in [5, 5.41) is 3.35. The van der Waals surface area contributed by atoms with Gasteiger partial charge in [0.05, 0.1) is 16.8 Å². The molecule has 7 heteroatoms. The van der Waals surface area contributed by atoms with E-state index in [9.17, 15) is 4.79 Å². The van der Waals surface area contributed by atoms with Crippen LogP contribution in [0.25, 0.3) is 5.57 Å². The first-order valence-electron chi connectivity index (χ1n) is 9.31. The predicted octanol–water partition coefficient (Wildman–Crippen LogP) is 4.19. The van der Waals surface area contributed by atoms with E-state index in [1.807, 2.05) is 20.8 Å². The van der Waals surface area contributed by atoms with Crippen LogP contribution in [0.5, 0.6) is 0 Å². The van der Waals surface area contributed by atoms with Crippen molar-refractivity contribution in [3.63, 3.8) is 0 Å². The molecule has 27 heavy (non-hydrogen) atoms. The molecule has 1 fully saturated rings. The van der Waals surface area contributed by atoms with Crippen molar-refractivity contribution in [1.29, 1.82) is 0 Å². The van der Waals surface area contributed by atoms with Gasteiger partial charge in [0.2, 0.25) is 0 Å². The number of aliphatic imine (C=N–C) groups is 1. The number of hydrogen-bond donors (Lipinski definition) is 2. The number of carbonyl (C=O) groups is 1. The van der Waals surface area contributed by atoms with E-state index < -0.39 is 5.60 Å². The minimum Gasteiger partial charge on any atom is -0.444 e. The number of rotatable bonds is 7. The van der Waals surface area contributed by atoms with Gasteiger partial charge in [-0.05, 0) is 64.5 Å². The molecule has 3 N–H and O–H groups in total. The molecule has 0 radical (unpaired) electrons. The van der Waals surface area contributed by atoms with Gasteiger partial charge < -0.3 is 15.8 Å². The molecule has 1 aromatic heterocycles. The molecular formula is C20H29ClN4O2. The Bertz CT molecular complexity index is 691. The number of aromatic nitrogens is 1. The number of hydrogen-bond acceptors (Lipinski definition) is 5. The predicted molar refractivity (Wildman–Crippen MR) is 110 cm³/mol. The summed E-state index contributed by atoms with van der Waals surface area (Å²) in [6.07, 6.45) is 8.70. The fraction of sp³-hybridized carbons (Fsp3) is 0.550. The Hall–Kier alpha value is -2.08. The molecule has 1 amide bonds. The molecule has 2 rings (SSSR count). The third-order valence-electron chi connectivity index (χ3n) is 4.30. The Balaban J connectivity index is 1.66. The Labute approximate surface area is 166 Å². The Morgan fingerprint density at radius 1 is 1.48 bits per heavy atom. The van der Waals surface area contributed by atoms with Crippen LogP contribution >= 0.6 is 11.6 Å². The van der Waals surface area contributed by atoms with Crippen molar-refractivity contribution < 1.29 is 9.53 Å². The van der Waals surface area contributed by atoms with Crippen LogP contribution in [0.4, 0.5) is 4.79 Å². The molecule has 1 aliphatic rings. The van der Waals surface area contributed by atoms with Crippen LogP contribution < -0.4 is 11.1 Å². The molecule has 0 bridgehead atoms. The lowest BCUT2D eigenvalue weighted by Crippen LogP contribution is -2.33. The summed E-state index contributed by atoms with van der Waals surface area (Å²) in [6.45, 7) is 6.20. The van der Waals surface area contributed by atoms with E-state index in [2.05, 4.69) is 15.3 Å². The first-order chi connectivity index (χ1) is 12.8. The molecule has 1 saturated carbocycles. The lowest BCUT2D eigenvalue weighted by molar-refractivity contribution is 0.0525. The van der Waals surface area contributed by atoms with Gasteiger partial charge in [0.15, 0.2) is 0 Å². The minimum atomic E-state index is -0.459. The number of alkyl carbamates (subject to hydrolysis) is 1. The van der Waals surface area contributed by atoms with Crippen LogP contribution in [0.3, 0.4) is 0 Å². The third-order valence-corrected chi connectivity index (χ3v) is 4.61. The zero-order valence-electron chi connectivity index (χ0n) is 16.2. The summed E-state index contributed by atoms with van der Waals surface area (Å²) in [5.74, 6) is 0.649. The van der Waals surface area contributed by atoms with E-state index in [-0.39, 0.29) is 6.09 Å². The number of allylic oxidation sites excluding steroid dienone is 1. The molecule has 148 valence electrons. The van der Waals surface area contributed by atoms with Crippen LogP contribution in [0, 0.1) is 5.92 Å². The lowest BCUT2D eigenvalue weighted by atomic mass is 9.78. The molecule has 1 heterocycles. The second-order valence-corrected chi connectivity index (χ2v) is 8.20. The highest BCUT2D eigenvalue weighted by Gasteiger charge is 2.27. The maximum absolute atomic E-state index is 11.6. The van der Waals surface area contributed by atoms with Crippen LogP contribution in [0.15, 0.2) is 29.5 Å². The molecule has 1 aliphatic carbocycles. The van der Waals surface area contributed by atoms with Gasteiger partial charge in [-0.1, -0.05) is 11.6 Å². The van der Waals surface area contributed by atoms with Gasteiger partial charge in [0.25, 0.3) is 0 Å². The topological polar surface area (TPSA) is 89.6 Å². The number of ether oxygens (including phenoxy) is 1. The van der Waals surface area contributed by atoms with Crippen molar-refractivity contribution in [2.75, 3.05) is 6.54 Å². The molecule has 6 nitrogen and oxygen atoms in total. The Morgan fingerprint density at radius 2 is 2.22 bits per heavy atom. The van der Waals surface area contributed by atoms with E-state index in [1.165, 1.54) is 6.20 Å². The largest absolute Gasteiger partial charge is 0.444 e. The lowest BCUT2D eigenvalue weighted by Gasteiger charge is -2.32. The summed E-state index contributed by atoms with van der Waals surface area (Å²) in [7, 11) is 0. The minimum absolute atomic E-state index is 0.311. The fourth-order valence-corrected chi connectivity index (χ4v) is 3.15. The average molecular weight is 393 g/mol. The van der Waals surface area contributed by atoms with Crippen molar-refractivity contribution in [1.82, 2.24) is 10.3 Å². The standard InChI is InChI=1S/C20H29ClN4O2/c1-20(2,3)27-19(26)24-9-4-6-14-10-16(11-14)25-13-15(12-22)18-17(21)7-5-8-23-18/h5,7-8,12-14,16H,4,6,9-11,22H2,1-3H3,(H,24,26). The highest BCUT2D eigenvalue weighted by atomic mass is 35.5. The fourth-order valence-electron chi connectivity index (χ4n) is 2.92. The van der Waals surface area contributed by atoms with Crippen molar-refractivity contribution in [2.24, 2.45) is 16.6 Å². The summed E-state index contributed by atoms with van der Waals surface area (Å²) in [6, 6.07) is 3.88. The normalized spacial score (nSPS) is 20.4. The number of halogens is 1. The number of carbonyl (C=O) groups excluding carboxylic acids is 1. The van der Waals surface area contributed by atoms with Gasteiger partial charge in [0, 0.05) is 30.7 Å². The first kappa shape index (κ1) is 21.2. The SMILES string of the molecule is CC(C)(C)OC(=O)NCCCC1CC(N=CC(=CN)c2ncccc2Cl)C1. The summed E-state index contributed by atoms with van der Waals surface area (Å²) >= 11 is 6.15. The quantitative estimate of drug-likeness (QED) is 0.537. The highest BCUT2D eigenvalue weighted by molar-refractivity contribution is 6.33. The van der Waals surface area contributed by atoms with Crippen LogP contribution in [-0.4, -0.2) is 35.5 Å². The highest BCUT2D eigenvalue weighted by Crippen LogP contribution is 2.33. The second kappa shape index (κ2) is 9.74. The maximum Gasteiger partial charge on any atom is 0.407 e. The van der Waals surface area contributed by atoms with Gasteiger partial charge in [0.1, 0.15) is 5.60 Å². The molecule has 0 atom stereocenters. The van der Waals surface area contributed by atoms with Crippen LogP contribution in [-0.2, 0) is 4.74 Å². The number of pyridine rings is 1. The van der Waals surface area contributed by atoms with E-state index >= 15 is 0 Å². The van der Waals surface area contributed by atoms with E-state index in [4.69, 9.17) is 22.1 Å². The second-order valence-electron chi connectivity index (χ2n) is 7.80. The molecular weight excluding hydrogens is 364 g/mol. The van der Waals surface area contributed by atoms with Crippen molar-refractivity contribution in [2.45, 2.75) is 58.1 Å². The zero-order valence-corrected chi connectivity index (χ0v) is 17.0. The molecule has 0 saturated heterocycles. The average Bonchev–Trinajstić information content (AvgIpc) is 2.55. The molecule has 0 unspecified atom stereocenters. The Kier molecular flexibility index (Phi) is 7.66. The number of nitrogens with one attached hydrogen (secondary N) is 1.